The summed E-state index contributed by atoms with van der Waals surface area (Å²) in [6, 6.07) is 5.50. The maximum absolute atomic E-state index is 12.5. The van der Waals surface area contributed by atoms with Gasteiger partial charge in [-0.25, -0.2) is 16.8 Å². The van der Waals surface area contributed by atoms with E-state index in [0.717, 1.165) is 12.8 Å². The molecule has 0 amide bonds. The van der Waals surface area contributed by atoms with Gasteiger partial charge in [0.05, 0.1) is 15.5 Å². The van der Waals surface area contributed by atoms with Crippen molar-refractivity contribution in [1.82, 2.24) is 0 Å². The standard InChI is InChI=1S/C15H22O4S2/c1-11-4-3-5-12(2)15(11)10-21(18,19)14-8-6-13(7-9-14)20(16)17/h6-9,11-12,15,20H,3-5,10H2,1-2H3. The molecule has 2 rings (SSSR count). The van der Waals surface area contributed by atoms with Crippen LogP contribution in [0.25, 0.3) is 0 Å². The van der Waals surface area contributed by atoms with E-state index in [0.29, 0.717) is 11.8 Å². The minimum Gasteiger partial charge on any atom is -0.227 e. The normalized spacial score (nSPS) is 26.9. The molecule has 1 aromatic rings. The molecule has 1 aliphatic carbocycles. The van der Waals surface area contributed by atoms with Gasteiger partial charge in [0.25, 0.3) is 0 Å². The molecule has 2 atom stereocenters. The Labute approximate surface area is 128 Å². The molecule has 4 nitrogen and oxygen atoms in total. The van der Waals surface area contributed by atoms with Crippen molar-refractivity contribution in [2.24, 2.45) is 17.8 Å². The van der Waals surface area contributed by atoms with Crippen LogP contribution in [-0.2, 0) is 20.5 Å². The summed E-state index contributed by atoms with van der Waals surface area (Å²) in [6.45, 7) is 4.25. The lowest BCUT2D eigenvalue weighted by molar-refractivity contribution is 0.199. The van der Waals surface area contributed by atoms with Crippen molar-refractivity contribution in [3.05, 3.63) is 24.3 Å². The zero-order valence-electron chi connectivity index (χ0n) is 12.4. The van der Waals surface area contributed by atoms with Gasteiger partial charge in [-0.3, -0.25) is 0 Å². The van der Waals surface area contributed by atoms with E-state index in [4.69, 9.17) is 0 Å². The van der Waals surface area contributed by atoms with Crippen LogP contribution in [0.1, 0.15) is 33.1 Å². The van der Waals surface area contributed by atoms with Crippen LogP contribution in [-0.4, -0.2) is 22.6 Å². The molecule has 0 heterocycles. The van der Waals surface area contributed by atoms with E-state index in [1.165, 1.54) is 30.7 Å². The molecule has 0 bridgehead atoms. The van der Waals surface area contributed by atoms with E-state index in [1.807, 2.05) is 0 Å². The van der Waals surface area contributed by atoms with E-state index in [1.54, 1.807) is 0 Å². The second kappa shape index (κ2) is 6.48. The van der Waals surface area contributed by atoms with E-state index >= 15 is 0 Å². The molecule has 0 radical (unpaired) electrons. The number of hydrogen-bond donors (Lipinski definition) is 1. The van der Waals surface area contributed by atoms with E-state index in [2.05, 4.69) is 13.8 Å². The monoisotopic (exact) mass is 330 g/mol. The fraction of sp³-hybridized carbons (Fsp3) is 0.600. The fourth-order valence-corrected chi connectivity index (χ4v) is 5.50. The van der Waals surface area contributed by atoms with Gasteiger partial charge in [0.2, 0.25) is 0 Å². The second-order valence-corrected chi connectivity index (χ2v) is 9.15. The fourth-order valence-electron chi connectivity index (χ4n) is 3.20. The van der Waals surface area contributed by atoms with Gasteiger partial charge in [-0.15, -0.1) is 0 Å². The van der Waals surface area contributed by atoms with Crippen molar-refractivity contribution in [3.63, 3.8) is 0 Å². The van der Waals surface area contributed by atoms with Crippen LogP contribution < -0.4 is 0 Å². The quantitative estimate of drug-likeness (QED) is 0.861. The minimum atomic E-state index is -3.37. The van der Waals surface area contributed by atoms with Crippen LogP contribution in [0.4, 0.5) is 0 Å². The summed E-state index contributed by atoms with van der Waals surface area (Å²) in [7, 11) is -6.03. The lowest BCUT2D eigenvalue weighted by atomic mass is 9.75. The highest BCUT2D eigenvalue weighted by atomic mass is 32.2. The van der Waals surface area contributed by atoms with Crippen molar-refractivity contribution in [2.75, 3.05) is 5.75 Å². The first kappa shape index (κ1) is 16.5. The third-order valence-corrected chi connectivity index (χ3v) is 7.13. The van der Waals surface area contributed by atoms with Crippen LogP contribution in [0.3, 0.4) is 0 Å². The average molecular weight is 330 g/mol. The average Bonchev–Trinajstić information content (AvgIpc) is 2.43. The SMILES string of the molecule is CC1CCCC(C)C1CS(=O)(=O)c1ccc([SH](=O)=O)cc1. The van der Waals surface area contributed by atoms with Crippen LogP contribution in [0.5, 0.6) is 0 Å². The van der Waals surface area contributed by atoms with Gasteiger partial charge in [0, 0.05) is 0 Å². The second-order valence-electron chi connectivity index (χ2n) is 6.08. The van der Waals surface area contributed by atoms with Crippen molar-refractivity contribution in [2.45, 2.75) is 42.9 Å². The first-order valence-electron chi connectivity index (χ1n) is 7.28. The van der Waals surface area contributed by atoms with E-state index < -0.39 is 20.5 Å². The molecule has 1 fully saturated rings. The number of hydrogen-bond acceptors (Lipinski definition) is 4. The number of benzene rings is 1. The third kappa shape index (κ3) is 3.86. The topological polar surface area (TPSA) is 68.3 Å². The smallest absolute Gasteiger partial charge is 0.178 e. The van der Waals surface area contributed by atoms with Crippen molar-refractivity contribution < 1.29 is 16.8 Å². The van der Waals surface area contributed by atoms with Crippen LogP contribution in [0.15, 0.2) is 34.1 Å². The van der Waals surface area contributed by atoms with E-state index in [-0.39, 0.29) is 21.5 Å². The summed E-state index contributed by atoms with van der Waals surface area (Å²) in [5.41, 5.74) is 0. The Morgan fingerprint density at radius 3 is 2.05 bits per heavy atom. The third-order valence-electron chi connectivity index (χ3n) is 4.60. The molecule has 2 unspecified atom stereocenters. The summed E-state index contributed by atoms with van der Waals surface area (Å²) in [6.07, 6.45) is 3.34. The number of rotatable bonds is 4. The van der Waals surface area contributed by atoms with E-state index in [9.17, 15) is 16.8 Å². The predicted molar refractivity (Wildman–Crippen MR) is 82.7 cm³/mol. The molecule has 1 aromatic carbocycles. The zero-order chi connectivity index (χ0) is 15.6. The van der Waals surface area contributed by atoms with Crippen molar-refractivity contribution in [1.29, 1.82) is 0 Å². The summed E-state index contributed by atoms with van der Waals surface area (Å²) < 4.78 is 46.7. The molecule has 0 spiro atoms. The molecule has 0 saturated heterocycles. The largest absolute Gasteiger partial charge is 0.227 e. The summed E-state index contributed by atoms with van der Waals surface area (Å²) >= 11 is 0. The minimum absolute atomic E-state index is 0.142. The molecule has 0 aromatic heterocycles. The maximum atomic E-state index is 12.5. The highest BCUT2D eigenvalue weighted by molar-refractivity contribution is 7.91. The van der Waals surface area contributed by atoms with Gasteiger partial charge >= 0.3 is 0 Å². The number of sulfone groups is 1. The highest BCUT2D eigenvalue weighted by Crippen LogP contribution is 2.36. The molecule has 1 aliphatic rings. The lowest BCUT2D eigenvalue weighted by Crippen LogP contribution is -2.31. The summed E-state index contributed by atoms with van der Waals surface area (Å²) in [5.74, 6) is 1.16. The Kier molecular flexibility index (Phi) is 5.09. The lowest BCUT2D eigenvalue weighted by Gasteiger charge is -2.34. The molecule has 21 heavy (non-hydrogen) atoms. The molecule has 1 saturated carbocycles. The van der Waals surface area contributed by atoms with Gasteiger partial charge in [0.15, 0.2) is 20.5 Å². The van der Waals surface area contributed by atoms with Gasteiger partial charge in [0.1, 0.15) is 0 Å². The Bertz CT molecular complexity index is 641. The Morgan fingerprint density at radius 2 is 1.57 bits per heavy atom. The molecular weight excluding hydrogens is 308 g/mol. The summed E-state index contributed by atoms with van der Waals surface area (Å²) in [4.78, 5) is 0.358. The Morgan fingerprint density at radius 1 is 1.05 bits per heavy atom. The predicted octanol–water partition coefficient (Wildman–Crippen LogP) is 2.50. The molecular formula is C15H22O4S2. The molecule has 0 aliphatic heterocycles. The zero-order valence-corrected chi connectivity index (χ0v) is 14.1. The Balaban J connectivity index is 2.21. The van der Waals surface area contributed by atoms with Gasteiger partial charge in [-0.2, -0.15) is 0 Å². The first-order chi connectivity index (χ1) is 9.81. The number of thiol groups is 1. The van der Waals surface area contributed by atoms with Gasteiger partial charge < -0.3 is 0 Å². The van der Waals surface area contributed by atoms with Crippen LogP contribution in [0, 0.1) is 17.8 Å². The molecule has 6 heteroatoms. The summed E-state index contributed by atoms with van der Waals surface area (Å²) in [5, 5.41) is 0. The van der Waals surface area contributed by atoms with Gasteiger partial charge in [-0.05, 0) is 42.0 Å². The van der Waals surface area contributed by atoms with Crippen LogP contribution >= 0.6 is 0 Å². The van der Waals surface area contributed by atoms with Crippen molar-refractivity contribution >= 4 is 20.5 Å². The van der Waals surface area contributed by atoms with Crippen molar-refractivity contribution in [3.8, 4) is 0 Å². The maximum Gasteiger partial charge on any atom is 0.178 e. The Hall–Kier alpha value is -0.880. The van der Waals surface area contributed by atoms with Gasteiger partial charge in [-0.1, -0.05) is 33.1 Å². The van der Waals surface area contributed by atoms with Crippen LogP contribution in [0.2, 0.25) is 0 Å². The molecule has 118 valence electrons. The first-order valence-corrected chi connectivity index (χ1v) is 10.1. The molecule has 0 N–H and O–H groups in total. The highest BCUT2D eigenvalue weighted by Gasteiger charge is 2.32.